The van der Waals surface area contributed by atoms with Crippen LogP contribution in [-0.4, -0.2) is 16.3 Å². The van der Waals surface area contributed by atoms with Crippen LogP contribution in [0.1, 0.15) is 13.3 Å². The first-order valence-electron chi connectivity index (χ1n) is 4.18. The van der Waals surface area contributed by atoms with Crippen LogP contribution in [0.25, 0.3) is 0 Å². The van der Waals surface area contributed by atoms with E-state index in [0.717, 1.165) is 4.90 Å². The summed E-state index contributed by atoms with van der Waals surface area (Å²) in [4.78, 5) is 11.7. The first-order valence-corrected chi connectivity index (χ1v) is 5.06. The Kier molecular flexibility index (Phi) is 3.83. The summed E-state index contributed by atoms with van der Waals surface area (Å²) < 4.78 is 0. The Bertz CT molecular complexity index is 272. The van der Waals surface area contributed by atoms with Crippen LogP contribution in [0.5, 0.6) is 0 Å². The molecule has 0 aliphatic rings. The van der Waals surface area contributed by atoms with Gasteiger partial charge in [0, 0.05) is 4.90 Å². The van der Waals surface area contributed by atoms with Gasteiger partial charge in [-0.15, -0.1) is 11.8 Å². The first-order chi connectivity index (χ1) is 6.24. The van der Waals surface area contributed by atoms with Crippen LogP contribution in [0.2, 0.25) is 0 Å². The number of benzene rings is 1. The average Bonchev–Trinajstić information content (AvgIpc) is 2.15. The second kappa shape index (κ2) is 4.92. The summed E-state index contributed by atoms with van der Waals surface area (Å²) in [5.74, 6) is -0.739. The van der Waals surface area contributed by atoms with E-state index in [4.69, 9.17) is 5.11 Å². The molecule has 0 aliphatic heterocycles. The number of carboxylic acids is 1. The fourth-order valence-electron chi connectivity index (χ4n) is 0.972. The molecular weight excluding hydrogens is 184 g/mol. The molecule has 0 aliphatic carbocycles. The highest BCUT2D eigenvalue weighted by atomic mass is 32.2. The number of carbonyl (C=O) groups is 1. The van der Waals surface area contributed by atoms with Crippen molar-refractivity contribution in [2.24, 2.45) is 0 Å². The monoisotopic (exact) mass is 196 g/mol. The van der Waals surface area contributed by atoms with Crippen LogP contribution in [0, 0.1) is 0 Å². The molecule has 3 heteroatoms. The van der Waals surface area contributed by atoms with Crippen LogP contribution in [0.15, 0.2) is 35.2 Å². The van der Waals surface area contributed by atoms with Gasteiger partial charge in [-0.25, -0.2) is 0 Å². The molecule has 0 amide bonds. The van der Waals surface area contributed by atoms with Crippen molar-refractivity contribution in [3.63, 3.8) is 0 Å². The third-order valence-electron chi connectivity index (χ3n) is 1.67. The molecule has 2 nitrogen and oxygen atoms in total. The fourth-order valence-corrected chi connectivity index (χ4v) is 1.88. The minimum absolute atomic E-state index is 0.331. The van der Waals surface area contributed by atoms with Gasteiger partial charge >= 0.3 is 5.97 Å². The fraction of sp³-hybridized carbons (Fsp3) is 0.300. The van der Waals surface area contributed by atoms with E-state index in [9.17, 15) is 4.79 Å². The predicted octanol–water partition coefficient (Wildman–Crippen LogP) is 2.64. The van der Waals surface area contributed by atoms with Gasteiger partial charge in [-0.2, -0.15) is 0 Å². The maximum Gasteiger partial charge on any atom is 0.316 e. The minimum atomic E-state index is -0.739. The van der Waals surface area contributed by atoms with Gasteiger partial charge in [-0.1, -0.05) is 25.1 Å². The molecule has 1 N–H and O–H groups in total. The second-order valence-corrected chi connectivity index (χ2v) is 3.94. The minimum Gasteiger partial charge on any atom is -0.480 e. The Hall–Kier alpha value is -0.960. The molecule has 1 unspecified atom stereocenters. The molecule has 0 spiro atoms. The topological polar surface area (TPSA) is 37.3 Å². The SMILES string of the molecule is CCC(Sc1ccccc1)C(=O)O. The Morgan fingerprint density at radius 1 is 1.46 bits per heavy atom. The molecular formula is C10H12O2S. The summed E-state index contributed by atoms with van der Waals surface area (Å²) in [5.41, 5.74) is 0. The van der Waals surface area contributed by atoms with Crippen molar-refractivity contribution in [3.8, 4) is 0 Å². The van der Waals surface area contributed by atoms with Crippen molar-refractivity contribution in [1.29, 1.82) is 0 Å². The molecule has 70 valence electrons. The molecule has 1 rings (SSSR count). The highest BCUT2D eigenvalue weighted by Gasteiger charge is 2.15. The molecule has 1 atom stereocenters. The van der Waals surface area contributed by atoms with Gasteiger partial charge in [0.2, 0.25) is 0 Å². The third-order valence-corrected chi connectivity index (χ3v) is 3.03. The molecule has 1 aromatic rings. The van der Waals surface area contributed by atoms with Crippen LogP contribution in [0.3, 0.4) is 0 Å². The quantitative estimate of drug-likeness (QED) is 0.752. The van der Waals surface area contributed by atoms with E-state index in [2.05, 4.69) is 0 Å². The number of rotatable bonds is 4. The standard InChI is InChI=1S/C10H12O2S/c1-2-9(10(11)12)13-8-6-4-3-5-7-8/h3-7,9H,2H2,1H3,(H,11,12). The van der Waals surface area contributed by atoms with E-state index < -0.39 is 5.97 Å². The van der Waals surface area contributed by atoms with E-state index in [0.29, 0.717) is 6.42 Å². The molecule has 0 saturated heterocycles. The van der Waals surface area contributed by atoms with Gasteiger partial charge in [0.1, 0.15) is 5.25 Å². The van der Waals surface area contributed by atoms with Gasteiger partial charge in [0.15, 0.2) is 0 Å². The number of hydrogen-bond acceptors (Lipinski definition) is 2. The van der Waals surface area contributed by atoms with Crippen LogP contribution < -0.4 is 0 Å². The van der Waals surface area contributed by atoms with E-state index >= 15 is 0 Å². The van der Waals surface area contributed by atoms with E-state index in [-0.39, 0.29) is 5.25 Å². The Balaban J connectivity index is 2.62. The lowest BCUT2D eigenvalue weighted by molar-refractivity contribution is -0.136. The highest BCUT2D eigenvalue weighted by Crippen LogP contribution is 2.24. The van der Waals surface area contributed by atoms with E-state index in [1.54, 1.807) is 0 Å². The zero-order valence-corrected chi connectivity index (χ0v) is 8.25. The first kappa shape index (κ1) is 10.1. The maximum atomic E-state index is 10.7. The number of carboxylic acid groups (broad SMARTS) is 1. The molecule has 1 aromatic carbocycles. The van der Waals surface area contributed by atoms with Crippen molar-refractivity contribution >= 4 is 17.7 Å². The molecule has 13 heavy (non-hydrogen) atoms. The summed E-state index contributed by atoms with van der Waals surface area (Å²) in [6, 6.07) is 9.60. The molecule has 0 bridgehead atoms. The molecule has 0 fully saturated rings. The summed E-state index contributed by atoms with van der Waals surface area (Å²) in [6.45, 7) is 1.88. The lowest BCUT2D eigenvalue weighted by Crippen LogP contribution is -2.14. The molecule has 0 saturated carbocycles. The zero-order chi connectivity index (χ0) is 9.68. The Labute approximate surface area is 82.0 Å². The average molecular weight is 196 g/mol. The van der Waals surface area contributed by atoms with Crippen LogP contribution >= 0.6 is 11.8 Å². The smallest absolute Gasteiger partial charge is 0.316 e. The Morgan fingerprint density at radius 2 is 2.08 bits per heavy atom. The normalized spacial score (nSPS) is 12.4. The maximum absolute atomic E-state index is 10.7. The molecule has 0 heterocycles. The van der Waals surface area contributed by atoms with Gasteiger partial charge in [0.25, 0.3) is 0 Å². The number of hydrogen-bond donors (Lipinski definition) is 1. The van der Waals surface area contributed by atoms with Crippen molar-refractivity contribution in [2.45, 2.75) is 23.5 Å². The van der Waals surface area contributed by atoms with Gasteiger partial charge in [-0.3, -0.25) is 4.79 Å². The largest absolute Gasteiger partial charge is 0.480 e. The molecule has 0 aromatic heterocycles. The van der Waals surface area contributed by atoms with Crippen LogP contribution in [0.4, 0.5) is 0 Å². The molecule has 0 radical (unpaired) electrons. The van der Waals surface area contributed by atoms with E-state index in [1.807, 2.05) is 37.3 Å². The van der Waals surface area contributed by atoms with Crippen molar-refractivity contribution in [3.05, 3.63) is 30.3 Å². The number of thioether (sulfide) groups is 1. The number of aliphatic carboxylic acids is 1. The lowest BCUT2D eigenvalue weighted by Gasteiger charge is -2.08. The van der Waals surface area contributed by atoms with Gasteiger partial charge in [-0.05, 0) is 18.6 Å². The van der Waals surface area contributed by atoms with E-state index in [1.165, 1.54) is 11.8 Å². The second-order valence-electron chi connectivity index (χ2n) is 2.67. The summed E-state index contributed by atoms with van der Waals surface area (Å²) >= 11 is 1.40. The summed E-state index contributed by atoms with van der Waals surface area (Å²) in [5, 5.41) is 8.48. The van der Waals surface area contributed by atoms with Crippen molar-refractivity contribution in [2.75, 3.05) is 0 Å². The lowest BCUT2D eigenvalue weighted by atomic mass is 10.3. The highest BCUT2D eigenvalue weighted by molar-refractivity contribution is 8.00. The van der Waals surface area contributed by atoms with Gasteiger partial charge in [0.05, 0.1) is 0 Å². The van der Waals surface area contributed by atoms with Crippen LogP contribution in [-0.2, 0) is 4.79 Å². The van der Waals surface area contributed by atoms with Crippen molar-refractivity contribution in [1.82, 2.24) is 0 Å². The van der Waals surface area contributed by atoms with Gasteiger partial charge < -0.3 is 5.11 Å². The zero-order valence-electron chi connectivity index (χ0n) is 7.43. The third kappa shape index (κ3) is 3.11. The Morgan fingerprint density at radius 3 is 2.54 bits per heavy atom. The van der Waals surface area contributed by atoms with Crippen molar-refractivity contribution < 1.29 is 9.90 Å². The summed E-state index contributed by atoms with van der Waals surface area (Å²) in [7, 11) is 0. The predicted molar refractivity (Wildman–Crippen MR) is 54.0 cm³/mol. The summed E-state index contributed by atoms with van der Waals surface area (Å²) in [6.07, 6.45) is 0.648.